The molecule has 3 rings (SSSR count). The third-order valence-electron chi connectivity index (χ3n) is 4.48. The number of benzene rings is 1. The van der Waals surface area contributed by atoms with Crippen LogP contribution in [0.15, 0.2) is 24.3 Å². The molecule has 0 radical (unpaired) electrons. The Morgan fingerprint density at radius 1 is 1.08 bits per heavy atom. The Balaban J connectivity index is 1.63. The number of carbonyl (C=O) groups is 1. The van der Waals surface area contributed by atoms with Crippen LogP contribution in [0.4, 0.5) is 0 Å². The molecule has 7 heteroatoms. The van der Waals surface area contributed by atoms with Crippen LogP contribution < -0.4 is 0 Å². The zero-order valence-corrected chi connectivity index (χ0v) is 15.4. The molecule has 2 aromatic rings. The minimum atomic E-state index is -0.322. The lowest BCUT2D eigenvalue weighted by molar-refractivity contribution is -0.141. The predicted molar refractivity (Wildman–Crippen MR) is 95.2 cm³/mol. The normalized spacial score (nSPS) is 16.2. The number of tetrazole rings is 1. The van der Waals surface area contributed by atoms with Gasteiger partial charge in [0.15, 0.2) is 5.82 Å². The van der Waals surface area contributed by atoms with E-state index in [-0.39, 0.29) is 11.3 Å². The molecule has 0 saturated carbocycles. The number of amides is 1. The van der Waals surface area contributed by atoms with Crippen molar-refractivity contribution < 1.29 is 4.79 Å². The first kappa shape index (κ1) is 17.5. The van der Waals surface area contributed by atoms with Crippen molar-refractivity contribution >= 4 is 5.91 Å². The summed E-state index contributed by atoms with van der Waals surface area (Å²) >= 11 is 0. The molecular weight excluding hydrogens is 316 g/mol. The number of aryl methyl sites for hydroxylation is 1. The van der Waals surface area contributed by atoms with Crippen LogP contribution in [0.25, 0.3) is 5.69 Å². The number of aromatic nitrogens is 4. The molecule has 2 heterocycles. The van der Waals surface area contributed by atoms with Gasteiger partial charge in [0, 0.05) is 31.6 Å². The molecular formula is C18H26N6O. The topological polar surface area (TPSA) is 67.2 Å². The summed E-state index contributed by atoms with van der Waals surface area (Å²) in [6, 6.07) is 8.15. The van der Waals surface area contributed by atoms with Gasteiger partial charge in [0.1, 0.15) is 0 Å². The highest BCUT2D eigenvalue weighted by molar-refractivity contribution is 5.81. The van der Waals surface area contributed by atoms with Crippen LogP contribution in [0.3, 0.4) is 0 Å². The quantitative estimate of drug-likeness (QED) is 0.849. The van der Waals surface area contributed by atoms with E-state index < -0.39 is 0 Å². The Morgan fingerprint density at radius 2 is 1.72 bits per heavy atom. The summed E-state index contributed by atoms with van der Waals surface area (Å²) in [6.07, 6.45) is 0. The second-order valence-corrected chi connectivity index (χ2v) is 7.66. The van der Waals surface area contributed by atoms with Gasteiger partial charge in [-0.25, -0.2) is 0 Å². The van der Waals surface area contributed by atoms with Crippen molar-refractivity contribution in [3.8, 4) is 5.69 Å². The molecule has 1 saturated heterocycles. The zero-order valence-electron chi connectivity index (χ0n) is 15.4. The Labute approximate surface area is 148 Å². The molecule has 1 amide bonds. The molecule has 0 aliphatic carbocycles. The van der Waals surface area contributed by atoms with E-state index in [1.165, 1.54) is 5.56 Å². The van der Waals surface area contributed by atoms with Gasteiger partial charge in [0.2, 0.25) is 5.91 Å². The smallest absolute Gasteiger partial charge is 0.228 e. The third-order valence-corrected chi connectivity index (χ3v) is 4.48. The first-order chi connectivity index (χ1) is 11.8. The van der Waals surface area contributed by atoms with Crippen LogP contribution >= 0.6 is 0 Å². The van der Waals surface area contributed by atoms with Crippen LogP contribution in [0, 0.1) is 12.3 Å². The third kappa shape index (κ3) is 4.04. The Hall–Kier alpha value is -2.28. The molecule has 1 aromatic carbocycles. The minimum absolute atomic E-state index is 0.219. The van der Waals surface area contributed by atoms with E-state index in [0.717, 1.165) is 37.7 Å². The van der Waals surface area contributed by atoms with Crippen molar-refractivity contribution in [1.82, 2.24) is 30.0 Å². The van der Waals surface area contributed by atoms with E-state index in [1.807, 2.05) is 37.8 Å². The molecule has 1 aromatic heterocycles. The lowest BCUT2D eigenvalue weighted by Crippen LogP contribution is -2.51. The summed E-state index contributed by atoms with van der Waals surface area (Å²) in [4.78, 5) is 16.6. The summed E-state index contributed by atoms with van der Waals surface area (Å²) in [5.74, 6) is 1.04. The molecule has 0 atom stereocenters. The summed E-state index contributed by atoms with van der Waals surface area (Å²) in [7, 11) is 0. The maximum atomic E-state index is 12.4. The van der Waals surface area contributed by atoms with E-state index in [9.17, 15) is 4.79 Å². The molecule has 25 heavy (non-hydrogen) atoms. The van der Waals surface area contributed by atoms with Gasteiger partial charge in [0.05, 0.1) is 12.2 Å². The van der Waals surface area contributed by atoms with E-state index in [1.54, 1.807) is 4.68 Å². The standard InChI is InChI=1S/C18H26N6O/c1-14-5-7-15(8-6-14)24-16(19-20-21-24)13-22-9-11-23(12-10-22)17(25)18(2,3)4/h5-8H,9-13H2,1-4H3. The molecule has 134 valence electrons. The first-order valence-corrected chi connectivity index (χ1v) is 8.70. The molecule has 0 spiro atoms. The number of nitrogens with zero attached hydrogens (tertiary/aromatic N) is 6. The van der Waals surface area contributed by atoms with Crippen LogP contribution in [0.1, 0.15) is 32.2 Å². The zero-order chi connectivity index (χ0) is 18.0. The highest BCUT2D eigenvalue weighted by Gasteiger charge is 2.30. The lowest BCUT2D eigenvalue weighted by Gasteiger charge is -2.37. The fourth-order valence-electron chi connectivity index (χ4n) is 2.97. The van der Waals surface area contributed by atoms with Crippen LogP contribution in [-0.2, 0) is 11.3 Å². The highest BCUT2D eigenvalue weighted by Crippen LogP contribution is 2.19. The molecule has 1 fully saturated rings. The van der Waals surface area contributed by atoms with Gasteiger partial charge in [-0.05, 0) is 29.5 Å². The van der Waals surface area contributed by atoms with Crippen molar-refractivity contribution in [2.45, 2.75) is 34.2 Å². The van der Waals surface area contributed by atoms with Gasteiger partial charge in [-0.3, -0.25) is 9.69 Å². The Morgan fingerprint density at radius 3 is 2.32 bits per heavy atom. The van der Waals surface area contributed by atoms with E-state index in [0.29, 0.717) is 6.54 Å². The van der Waals surface area contributed by atoms with Gasteiger partial charge >= 0.3 is 0 Å². The summed E-state index contributed by atoms with van der Waals surface area (Å²) in [5.41, 5.74) is 1.85. The number of hydrogen-bond acceptors (Lipinski definition) is 5. The number of rotatable bonds is 3. The molecule has 0 bridgehead atoms. The monoisotopic (exact) mass is 342 g/mol. The largest absolute Gasteiger partial charge is 0.340 e. The first-order valence-electron chi connectivity index (χ1n) is 8.70. The van der Waals surface area contributed by atoms with Crippen molar-refractivity contribution in [3.63, 3.8) is 0 Å². The fourth-order valence-corrected chi connectivity index (χ4v) is 2.97. The average Bonchev–Trinajstić information content (AvgIpc) is 3.03. The van der Waals surface area contributed by atoms with Crippen LogP contribution in [-0.4, -0.2) is 62.1 Å². The van der Waals surface area contributed by atoms with E-state index in [2.05, 4.69) is 39.5 Å². The van der Waals surface area contributed by atoms with Crippen LogP contribution in [0.2, 0.25) is 0 Å². The Kier molecular flexibility index (Phi) is 4.85. The van der Waals surface area contributed by atoms with Crippen LogP contribution in [0.5, 0.6) is 0 Å². The second-order valence-electron chi connectivity index (χ2n) is 7.66. The molecule has 0 N–H and O–H groups in total. The van der Waals surface area contributed by atoms with Gasteiger partial charge < -0.3 is 4.90 Å². The molecule has 7 nitrogen and oxygen atoms in total. The van der Waals surface area contributed by atoms with Gasteiger partial charge in [-0.1, -0.05) is 38.5 Å². The number of carbonyl (C=O) groups excluding carboxylic acids is 1. The predicted octanol–water partition coefficient (Wildman–Crippen LogP) is 1.66. The SMILES string of the molecule is Cc1ccc(-n2nnnc2CN2CCN(C(=O)C(C)(C)C)CC2)cc1. The molecule has 0 unspecified atom stereocenters. The number of piperazine rings is 1. The van der Waals surface area contributed by atoms with Crippen molar-refractivity contribution in [3.05, 3.63) is 35.7 Å². The van der Waals surface area contributed by atoms with E-state index in [4.69, 9.17) is 0 Å². The van der Waals surface area contributed by atoms with Crippen molar-refractivity contribution in [2.24, 2.45) is 5.41 Å². The van der Waals surface area contributed by atoms with Gasteiger partial charge in [-0.15, -0.1) is 5.10 Å². The maximum absolute atomic E-state index is 12.4. The summed E-state index contributed by atoms with van der Waals surface area (Å²) < 4.78 is 1.78. The van der Waals surface area contributed by atoms with Gasteiger partial charge in [0.25, 0.3) is 0 Å². The minimum Gasteiger partial charge on any atom is -0.340 e. The summed E-state index contributed by atoms with van der Waals surface area (Å²) in [5, 5.41) is 12.1. The fraction of sp³-hybridized carbons (Fsp3) is 0.556. The molecule has 1 aliphatic rings. The van der Waals surface area contributed by atoms with Gasteiger partial charge in [-0.2, -0.15) is 4.68 Å². The molecule has 1 aliphatic heterocycles. The van der Waals surface area contributed by atoms with E-state index >= 15 is 0 Å². The second kappa shape index (κ2) is 6.92. The highest BCUT2D eigenvalue weighted by atomic mass is 16.2. The Bertz CT molecular complexity index is 723. The maximum Gasteiger partial charge on any atom is 0.228 e. The summed E-state index contributed by atoms with van der Waals surface area (Å²) in [6.45, 7) is 11.8. The number of hydrogen-bond donors (Lipinski definition) is 0. The average molecular weight is 342 g/mol. The lowest BCUT2D eigenvalue weighted by atomic mass is 9.94. The van der Waals surface area contributed by atoms with Crippen molar-refractivity contribution in [1.29, 1.82) is 0 Å². The van der Waals surface area contributed by atoms with Crippen molar-refractivity contribution in [2.75, 3.05) is 26.2 Å².